The Hall–Kier alpha value is -6.64. The van der Waals surface area contributed by atoms with Crippen LogP contribution < -0.4 is 20.8 Å². The number of rotatable bonds is 12. The lowest BCUT2D eigenvalue weighted by molar-refractivity contribution is -0.144. The van der Waals surface area contributed by atoms with Crippen LogP contribution in [0, 0.1) is 10.8 Å². The van der Waals surface area contributed by atoms with Gasteiger partial charge in [0.25, 0.3) is 0 Å². The zero-order valence-electron chi connectivity index (χ0n) is 28.9. The van der Waals surface area contributed by atoms with E-state index in [-0.39, 0.29) is 25.0 Å². The Kier molecular flexibility index (Phi) is 12.9. The van der Waals surface area contributed by atoms with E-state index in [1.807, 2.05) is 120 Å². The van der Waals surface area contributed by atoms with E-state index in [9.17, 15) is 9.59 Å². The molecule has 4 aromatic heterocycles. The highest BCUT2D eigenvalue weighted by atomic mass is 32.1. The largest absolute Gasteiger partial charge is 0.356 e. The Morgan fingerprint density at radius 3 is 1.41 bits per heavy atom. The second-order valence-electron chi connectivity index (χ2n) is 11.7. The van der Waals surface area contributed by atoms with Crippen LogP contribution in [0.1, 0.15) is 32.0 Å². The Labute approximate surface area is 320 Å². The summed E-state index contributed by atoms with van der Waals surface area (Å²) < 4.78 is 0. The summed E-state index contributed by atoms with van der Waals surface area (Å²) >= 11 is 3.25. The molecule has 0 bridgehead atoms. The number of carbonyl (C=O) groups excluding carboxylic acids is 2. The van der Waals surface area contributed by atoms with Gasteiger partial charge in [0.2, 0.25) is 11.9 Å². The summed E-state index contributed by atoms with van der Waals surface area (Å²) in [6.07, 6.45) is 6.23. The van der Waals surface area contributed by atoms with Crippen molar-refractivity contribution in [1.82, 2.24) is 20.9 Å². The van der Waals surface area contributed by atoms with Gasteiger partial charge in [0.1, 0.15) is 11.6 Å². The van der Waals surface area contributed by atoms with Crippen LogP contribution in [-0.4, -0.2) is 33.8 Å². The third-order valence-corrected chi connectivity index (χ3v) is 9.65. The number of carbonyl (C=O) groups is 2. The monoisotopic (exact) mass is 756 g/mol. The highest BCUT2D eigenvalue weighted by Gasteiger charge is 2.21. The van der Waals surface area contributed by atoms with E-state index in [4.69, 9.17) is 20.5 Å². The molecule has 0 aliphatic carbocycles. The Morgan fingerprint density at radius 2 is 1.02 bits per heavy atom. The highest BCUT2D eigenvalue weighted by Crippen LogP contribution is 2.26. The number of nitrogens with zero attached hydrogens (tertiary/aromatic N) is 4. The summed E-state index contributed by atoms with van der Waals surface area (Å²) in [4.78, 5) is 50.2. The lowest BCUT2D eigenvalue weighted by Gasteiger charge is -2.26. The number of nitrogens with one attached hydrogen (secondary N) is 4. The van der Waals surface area contributed by atoms with Crippen molar-refractivity contribution in [2.45, 2.75) is 25.9 Å². The third-order valence-electron chi connectivity index (χ3n) is 7.89. The summed E-state index contributed by atoms with van der Waals surface area (Å²) in [5.41, 5.74) is 8.38. The van der Waals surface area contributed by atoms with Gasteiger partial charge < -0.3 is 9.68 Å². The molecule has 0 spiro atoms. The summed E-state index contributed by atoms with van der Waals surface area (Å²) in [6.45, 7) is 0.543. The summed E-state index contributed by atoms with van der Waals surface area (Å²) in [6, 6.07) is 34.7. The van der Waals surface area contributed by atoms with Crippen molar-refractivity contribution in [2.75, 3.05) is 9.80 Å². The number of hydrogen-bond acceptors (Lipinski definition) is 10. The lowest BCUT2D eigenvalue weighted by atomic mass is 10.1. The second kappa shape index (κ2) is 18.7. The molecule has 6 aromatic rings. The van der Waals surface area contributed by atoms with E-state index in [1.54, 1.807) is 44.9 Å². The normalized spacial score (nSPS) is 10.7. The van der Waals surface area contributed by atoms with Gasteiger partial charge >= 0.3 is 11.9 Å². The van der Waals surface area contributed by atoms with Crippen LogP contribution in [0.2, 0.25) is 0 Å². The first kappa shape index (κ1) is 37.1. The molecule has 4 N–H and O–H groups in total. The molecule has 2 aromatic carbocycles. The molecule has 0 aliphatic heterocycles. The number of aromatic nitrogens is 2. The van der Waals surface area contributed by atoms with Crippen molar-refractivity contribution >= 4 is 58.2 Å². The molecule has 0 saturated heterocycles. The molecule has 12 nitrogen and oxygen atoms in total. The maximum atomic E-state index is 12.7. The van der Waals surface area contributed by atoms with Crippen LogP contribution in [0.3, 0.4) is 0 Å². The van der Waals surface area contributed by atoms with Gasteiger partial charge in [-0.15, -0.1) is 22.7 Å². The van der Waals surface area contributed by atoms with Gasteiger partial charge in [-0.1, -0.05) is 84.9 Å². The van der Waals surface area contributed by atoms with Crippen molar-refractivity contribution in [3.8, 4) is 0 Å². The lowest BCUT2D eigenvalue weighted by Crippen LogP contribution is -2.42. The first-order valence-corrected chi connectivity index (χ1v) is 18.5. The number of anilines is 2. The van der Waals surface area contributed by atoms with Gasteiger partial charge in [0.05, 0.1) is 13.1 Å². The Balaban J connectivity index is 1.08. The maximum absolute atomic E-state index is 12.7. The average Bonchev–Trinajstić information content (AvgIpc) is 3.93. The molecule has 0 amide bonds. The van der Waals surface area contributed by atoms with E-state index in [0.717, 1.165) is 44.2 Å². The van der Waals surface area contributed by atoms with Crippen molar-refractivity contribution in [3.63, 3.8) is 0 Å². The van der Waals surface area contributed by atoms with Gasteiger partial charge in [0.15, 0.2) is 0 Å². The fourth-order valence-electron chi connectivity index (χ4n) is 5.39. The maximum Gasteiger partial charge on any atom is 0.356 e. The SMILES string of the molecule is N=C(NOC(=O)/C=C\C(=O)ONC(=N)N(Cc1ccccc1)c1ncccc1Cc1cccs1)N(Cc1ccccc1)c1ncccc1Cc1cccs1. The topological polar surface area (TPSA) is 157 Å². The Morgan fingerprint density at radius 1 is 0.593 bits per heavy atom. The smallest absolute Gasteiger partial charge is 0.336 e. The predicted octanol–water partition coefficient (Wildman–Crippen LogP) is 7.02. The van der Waals surface area contributed by atoms with Gasteiger partial charge in [0, 0.05) is 58.3 Å². The van der Waals surface area contributed by atoms with E-state index >= 15 is 0 Å². The van der Waals surface area contributed by atoms with Gasteiger partial charge in [-0.05, 0) is 46.2 Å². The highest BCUT2D eigenvalue weighted by molar-refractivity contribution is 7.10. The fraction of sp³-hybridized carbons (Fsp3) is 0.100. The van der Waals surface area contributed by atoms with Gasteiger partial charge in [-0.25, -0.2) is 19.6 Å². The average molecular weight is 757 g/mol. The molecule has 14 heteroatoms. The minimum Gasteiger partial charge on any atom is -0.336 e. The minimum absolute atomic E-state index is 0.240. The number of guanidine groups is 2. The van der Waals surface area contributed by atoms with Crippen molar-refractivity contribution < 1.29 is 19.3 Å². The summed E-state index contributed by atoms with van der Waals surface area (Å²) in [5, 5.41) is 21.6. The molecular formula is C40H36N8O4S2. The van der Waals surface area contributed by atoms with Crippen LogP contribution in [0.25, 0.3) is 0 Å². The molecule has 4 heterocycles. The standard InChI is InChI=1S/C40H36N8O4S2/c41-39(47(27-29-11-3-1-4-12-29)37-31(15-7-21-43-37)25-33-17-9-23-53-33)45-51-35(49)19-20-36(50)52-46-40(42)48(28-30-13-5-2-6-14-30)38-32(16-8-22-44-38)26-34-18-10-24-54-34/h1-24H,25-28H2,(H2,41,45)(H2,42,46)/b20-19-. The zero-order valence-corrected chi connectivity index (χ0v) is 30.6. The molecule has 0 fully saturated rings. The molecule has 0 aliphatic rings. The first-order chi connectivity index (χ1) is 26.4. The van der Waals surface area contributed by atoms with Crippen LogP contribution in [0.15, 0.2) is 145 Å². The molecule has 0 unspecified atom stereocenters. The molecule has 54 heavy (non-hydrogen) atoms. The quantitative estimate of drug-likeness (QED) is 0.0443. The number of hydroxylamine groups is 2. The van der Waals surface area contributed by atoms with Crippen LogP contribution >= 0.6 is 22.7 Å². The van der Waals surface area contributed by atoms with Crippen molar-refractivity contribution in [3.05, 3.63) is 177 Å². The van der Waals surface area contributed by atoms with Crippen LogP contribution in [-0.2, 0) is 45.2 Å². The Bertz CT molecular complexity index is 2030. The third kappa shape index (κ3) is 10.5. The zero-order chi connectivity index (χ0) is 37.5. The second-order valence-corrected chi connectivity index (χ2v) is 13.8. The van der Waals surface area contributed by atoms with Gasteiger partial charge in [-0.3, -0.25) is 20.6 Å². The van der Waals surface area contributed by atoms with Gasteiger partial charge in [-0.2, -0.15) is 11.0 Å². The molecule has 0 atom stereocenters. The number of pyridine rings is 2. The minimum atomic E-state index is -0.955. The summed E-state index contributed by atoms with van der Waals surface area (Å²) in [5.74, 6) is -1.33. The molecule has 0 saturated carbocycles. The molecule has 0 radical (unpaired) electrons. The van der Waals surface area contributed by atoms with E-state index in [1.165, 1.54) is 0 Å². The van der Waals surface area contributed by atoms with Crippen LogP contribution in [0.5, 0.6) is 0 Å². The van der Waals surface area contributed by atoms with E-state index in [0.29, 0.717) is 24.5 Å². The predicted molar refractivity (Wildman–Crippen MR) is 211 cm³/mol. The molecule has 272 valence electrons. The number of thiophene rings is 2. The van der Waals surface area contributed by atoms with Crippen molar-refractivity contribution in [1.29, 1.82) is 10.8 Å². The van der Waals surface area contributed by atoms with Crippen molar-refractivity contribution in [2.24, 2.45) is 0 Å². The number of hydrogen-bond donors (Lipinski definition) is 4. The molecule has 6 rings (SSSR count). The molecular weight excluding hydrogens is 721 g/mol. The van der Waals surface area contributed by atoms with E-state index in [2.05, 4.69) is 20.9 Å². The summed E-state index contributed by atoms with van der Waals surface area (Å²) in [7, 11) is 0. The first-order valence-electron chi connectivity index (χ1n) is 16.8. The van der Waals surface area contributed by atoms with E-state index < -0.39 is 11.9 Å². The number of benzene rings is 2. The fourth-order valence-corrected chi connectivity index (χ4v) is 6.84. The van der Waals surface area contributed by atoms with Crippen LogP contribution in [0.4, 0.5) is 11.6 Å².